The molecule has 3 heteroatoms. The van der Waals surface area contributed by atoms with Crippen LogP contribution in [0.5, 0.6) is 0 Å². The van der Waals surface area contributed by atoms with E-state index in [0.717, 1.165) is 13.7 Å². The Kier molecular flexibility index (Phi) is 6.08. The number of aliphatic hydroxyl groups excluding tert-OH is 1. The summed E-state index contributed by atoms with van der Waals surface area (Å²) in [5, 5.41) is 7.00. The normalized spacial score (nSPS) is 17.7. The maximum Gasteiger partial charge on any atom is 0.0319 e. The van der Waals surface area contributed by atoms with E-state index < -0.39 is 0 Å². The maximum atomic E-state index is 7.00. The molecule has 0 atom stereocenters. The van der Waals surface area contributed by atoms with Crippen LogP contribution < -0.4 is 0 Å². The first kappa shape index (κ1) is 13.2. The van der Waals surface area contributed by atoms with E-state index in [1.807, 2.05) is 0 Å². The van der Waals surface area contributed by atoms with Gasteiger partial charge in [-0.05, 0) is 12.6 Å². The Hall–Kier alpha value is -0.900. The molecule has 2 rings (SSSR count). The second kappa shape index (κ2) is 7.39. The number of rotatable bonds is 2. The molecular formula is C13H22N2O. The number of piperazine rings is 1. The molecule has 0 unspecified atom stereocenters. The molecule has 1 aromatic rings. The molecule has 1 N–H and O–H groups in total. The lowest BCUT2D eigenvalue weighted by atomic mass is 10.2. The minimum Gasteiger partial charge on any atom is -0.400 e. The topological polar surface area (TPSA) is 26.7 Å². The molecule has 0 radical (unpaired) electrons. The third-order valence-electron chi connectivity index (χ3n) is 2.84. The summed E-state index contributed by atoms with van der Waals surface area (Å²) >= 11 is 0. The molecule has 0 amide bonds. The number of aliphatic hydroxyl groups is 1. The summed E-state index contributed by atoms with van der Waals surface area (Å²) in [5.41, 5.74) is 1.43. The lowest BCUT2D eigenvalue weighted by Crippen LogP contribution is -2.43. The molecular weight excluding hydrogens is 200 g/mol. The molecule has 0 aliphatic carbocycles. The Morgan fingerprint density at radius 3 is 2.12 bits per heavy atom. The molecule has 1 aromatic carbocycles. The number of hydrogen-bond donors (Lipinski definition) is 1. The number of benzene rings is 1. The van der Waals surface area contributed by atoms with Crippen molar-refractivity contribution in [2.45, 2.75) is 6.54 Å². The highest BCUT2D eigenvalue weighted by atomic mass is 16.2. The van der Waals surface area contributed by atoms with Gasteiger partial charge in [-0.25, -0.2) is 0 Å². The van der Waals surface area contributed by atoms with Gasteiger partial charge in [-0.15, -0.1) is 0 Å². The molecule has 0 spiro atoms. The molecule has 1 saturated heterocycles. The minimum atomic E-state index is 1.00. The van der Waals surface area contributed by atoms with Crippen LogP contribution in [0, 0.1) is 0 Å². The van der Waals surface area contributed by atoms with Gasteiger partial charge in [0.15, 0.2) is 0 Å². The largest absolute Gasteiger partial charge is 0.400 e. The van der Waals surface area contributed by atoms with Crippen LogP contribution >= 0.6 is 0 Å². The molecule has 3 nitrogen and oxygen atoms in total. The average molecular weight is 222 g/mol. The highest BCUT2D eigenvalue weighted by Gasteiger charge is 2.13. The zero-order valence-corrected chi connectivity index (χ0v) is 10.3. The van der Waals surface area contributed by atoms with Crippen LogP contribution in [0.1, 0.15) is 5.56 Å². The van der Waals surface area contributed by atoms with Gasteiger partial charge in [0.1, 0.15) is 0 Å². The van der Waals surface area contributed by atoms with Gasteiger partial charge in [0, 0.05) is 39.8 Å². The van der Waals surface area contributed by atoms with Crippen molar-refractivity contribution in [3.63, 3.8) is 0 Å². The van der Waals surface area contributed by atoms with Crippen molar-refractivity contribution in [2.24, 2.45) is 0 Å². The van der Waals surface area contributed by atoms with Crippen molar-refractivity contribution in [3.05, 3.63) is 35.9 Å². The first-order valence-electron chi connectivity index (χ1n) is 5.74. The van der Waals surface area contributed by atoms with Gasteiger partial charge in [0.2, 0.25) is 0 Å². The van der Waals surface area contributed by atoms with Crippen molar-refractivity contribution in [1.29, 1.82) is 0 Å². The van der Waals surface area contributed by atoms with Gasteiger partial charge < -0.3 is 10.0 Å². The van der Waals surface area contributed by atoms with Crippen molar-refractivity contribution in [1.82, 2.24) is 9.80 Å². The quantitative estimate of drug-likeness (QED) is 0.810. The Balaban J connectivity index is 0.000000606. The first-order chi connectivity index (χ1) is 7.84. The fourth-order valence-corrected chi connectivity index (χ4v) is 1.85. The Morgan fingerprint density at radius 1 is 1.00 bits per heavy atom. The summed E-state index contributed by atoms with van der Waals surface area (Å²) in [6, 6.07) is 10.7. The van der Waals surface area contributed by atoms with Crippen LogP contribution in [0.2, 0.25) is 0 Å². The number of likely N-dealkylation sites (N-methyl/N-ethyl adjacent to an activating group) is 1. The van der Waals surface area contributed by atoms with Crippen LogP contribution in [0.15, 0.2) is 30.3 Å². The predicted octanol–water partition coefficient (Wildman–Crippen LogP) is 1.04. The van der Waals surface area contributed by atoms with E-state index >= 15 is 0 Å². The molecule has 16 heavy (non-hydrogen) atoms. The molecule has 1 aliphatic rings. The predicted molar refractivity (Wildman–Crippen MR) is 67.4 cm³/mol. The van der Waals surface area contributed by atoms with E-state index in [1.165, 1.54) is 31.7 Å². The van der Waals surface area contributed by atoms with Crippen LogP contribution in [0.4, 0.5) is 0 Å². The molecule has 1 fully saturated rings. The van der Waals surface area contributed by atoms with Gasteiger partial charge in [0.25, 0.3) is 0 Å². The highest BCUT2D eigenvalue weighted by molar-refractivity contribution is 5.14. The molecule has 1 aliphatic heterocycles. The molecule has 90 valence electrons. The van der Waals surface area contributed by atoms with Crippen molar-refractivity contribution < 1.29 is 5.11 Å². The van der Waals surface area contributed by atoms with E-state index in [2.05, 4.69) is 47.2 Å². The fourth-order valence-electron chi connectivity index (χ4n) is 1.85. The smallest absolute Gasteiger partial charge is 0.0319 e. The first-order valence-corrected chi connectivity index (χ1v) is 5.74. The Morgan fingerprint density at radius 2 is 1.56 bits per heavy atom. The number of nitrogens with zero attached hydrogens (tertiary/aromatic N) is 2. The SMILES string of the molecule is CN1CCN(Cc2ccccc2)CC1.CO. The lowest BCUT2D eigenvalue weighted by molar-refractivity contribution is 0.148. The highest BCUT2D eigenvalue weighted by Crippen LogP contribution is 2.06. The van der Waals surface area contributed by atoms with Gasteiger partial charge in [-0.1, -0.05) is 30.3 Å². The monoisotopic (exact) mass is 222 g/mol. The molecule has 0 saturated carbocycles. The average Bonchev–Trinajstić information content (AvgIpc) is 2.36. The summed E-state index contributed by atoms with van der Waals surface area (Å²) in [6.07, 6.45) is 0. The van der Waals surface area contributed by atoms with Gasteiger partial charge >= 0.3 is 0 Å². The van der Waals surface area contributed by atoms with E-state index in [4.69, 9.17) is 5.11 Å². The third kappa shape index (κ3) is 4.31. The van der Waals surface area contributed by atoms with Crippen LogP contribution in [0.25, 0.3) is 0 Å². The van der Waals surface area contributed by atoms with Gasteiger partial charge in [0.05, 0.1) is 0 Å². The maximum absolute atomic E-state index is 7.00. The molecule has 0 aromatic heterocycles. The minimum absolute atomic E-state index is 1.00. The zero-order valence-electron chi connectivity index (χ0n) is 10.3. The van der Waals surface area contributed by atoms with Crippen LogP contribution in [-0.2, 0) is 6.54 Å². The van der Waals surface area contributed by atoms with Gasteiger partial charge in [-0.2, -0.15) is 0 Å². The van der Waals surface area contributed by atoms with Crippen LogP contribution in [-0.4, -0.2) is 55.2 Å². The van der Waals surface area contributed by atoms with Crippen molar-refractivity contribution >= 4 is 0 Å². The summed E-state index contributed by atoms with van der Waals surface area (Å²) < 4.78 is 0. The van der Waals surface area contributed by atoms with E-state index in [-0.39, 0.29) is 0 Å². The summed E-state index contributed by atoms with van der Waals surface area (Å²) in [5.74, 6) is 0. The second-order valence-corrected chi connectivity index (χ2v) is 4.07. The fraction of sp³-hybridized carbons (Fsp3) is 0.538. The molecule has 1 heterocycles. The zero-order chi connectivity index (χ0) is 11.8. The molecule has 0 bridgehead atoms. The van der Waals surface area contributed by atoms with Crippen molar-refractivity contribution in [2.75, 3.05) is 40.3 Å². The van der Waals surface area contributed by atoms with Crippen molar-refractivity contribution in [3.8, 4) is 0 Å². The summed E-state index contributed by atoms with van der Waals surface area (Å²) in [6.45, 7) is 5.91. The standard InChI is InChI=1S/C12H18N2.CH4O/c1-13-7-9-14(10-8-13)11-12-5-3-2-4-6-12;1-2/h2-6H,7-11H2,1H3;2H,1H3. The Labute approximate surface area is 98.3 Å². The Bertz CT molecular complexity index is 269. The van der Waals surface area contributed by atoms with Gasteiger partial charge in [-0.3, -0.25) is 4.90 Å². The van der Waals surface area contributed by atoms with E-state index in [1.54, 1.807) is 0 Å². The lowest BCUT2D eigenvalue weighted by Gasteiger charge is -2.32. The third-order valence-corrected chi connectivity index (χ3v) is 2.84. The second-order valence-electron chi connectivity index (χ2n) is 4.07. The summed E-state index contributed by atoms with van der Waals surface area (Å²) in [7, 11) is 3.19. The summed E-state index contributed by atoms with van der Waals surface area (Å²) in [4.78, 5) is 4.91. The number of hydrogen-bond acceptors (Lipinski definition) is 3. The van der Waals surface area contributed by atoms with E-state index in [0.29, 0.717) is 0 Å². The van der Waals surface area contributed by atoms with Crippen LogP contribution in [0.3, 0.4) is 0 Å². The van der Waals surface area contributed by atoms with E-state index in [9.17, 15) is 0 Å².